The Morgan fingerprint density at radius 3 is 2.55 bits per heavy atom. The summed E-state index contributed by atoms with van der Waals surface area (Å²) in [4.78, 5) is 12.2. The monoisotopic (exact) mass is 299 g/mol. The Labute approximate surface area is 130 Å². The maximum atomic E-state index is 12.2. The van der Waals surface area contributed by atoms with Crippen LogP contribution in [-0.4, -0.2) is 24.2 Å². The molecule has 4 heteroatoms. The molecule has 2 N–H and O–H groups in total. The van der Waals surface area contributed by atoms with Crippen LogP contribution in [0.2, 0.25) is 0 Å². The lowest BCUT2D eigenvalue weighted by Gasteiger charge is -2.11. The van der Waals surface area contributed by atoms with Gasteiger partial charge in [-0.1, -0.05) is 37.3 Å². The predicted octanol–water partition coefficient (Wildman–Crippen LogP) is 2.55. The third-order valence-electron chi connectivity index (χ3n) is 3.39. The summed E-state index contributed by atoms with van der Waals surface area (Å²) >= 11 is 0. The van der Waals surface area contributed by atoms with Gasteiger partial charge >= 0.3 is 0 Å². The van der Waals surface area contributed by atoms with E-state index in [0.29, 0.717) is 17.9 Å². The molecule has 0 aliphatic carbocycles. The Morgan fingerprint density at radius 1 is 1.14 bits per heavy atom. The second kappa shape index (κ2) is 8.20. The molecule has 1 amide bonds. The van der Waals surface area contributed by atoms with Crippen molar-refractivity contribution in [1.82, 2.24) is 5.32 Å². The van der Waals surface area contributed by atoms with E-state index in [1.54, 1.807) is 0 Å². The molecule has 0 aliphatic heterocycles. The average Bonchev–Trinajstić information content (AvgIpc) is 2.58. The van der Waals surface area contributed by atoms with Gasteiger partial charge in [0.2, 0.25) is 0 Å². The number of nitrogens with one attached hydrogen (secondary N) is 1. The van der Waals surface area contributed by atoms with Crippen LogP contribution in [0.4, 0.5) is 0 Å². The summed E-state index contributed by atoms with van der Waals surface area (Å²) < 4.78 is 5.45. The van der Waals surface area contributed by atoms with Crippen LogP contribution in [0.1, 0.15) is 28.4 Å². The van der Waals surface area contributed by atoms with Crippen molar-refractivity contribution in [3.63, 3.8) is 0 Å². The van der Waals surface area contributed by atoms with Crippen LogP contribution in [0.3, 0.4) is 0 Å². The molecule has 0 atom stereocenters. The van der Waals surface area contributed by atoms with Gasteiger partial charge in [0.25, 0.3) is 5.91 Å². The normalized spacial score (nSPS) is 10.3. The molecule has 22 heavy (non-hydrogen) atoms. The molecular weight excluding hydrogens is 278 g/mol. The smallest absolute Gasteiger partial charge is 0.251 e. The quantitative estimate of drug-likeness (QED) is 0.826. The second-order valence-corrected chi connectivity index (χ2v) is 4.91. The van der Waals surface area contributed by atoms with Crippen LogP contribution < -0.4 is 10.1 Å². The standard InChI is InChI=1S/C18H21NO3/c1-2-14-7-9-15(10-8-14)18(21)19-13-16-5-3-4-6-17(16)22-12-11-20/h3-10,20H,2,11-13H2,1H3,(H,19,21). The molecule has 0 fully saturated rings. The minimum absolute atomic E-state index is 0.0372. The lowest BCUT2D eigenvalue weighted by molar-refractivity contribution is 0.0950. The number of aryl methyl sites for hydroxylation is 1. The highest BCUT2D eigenvalue weighted by atomic mass is 16.5. The Morgan fingerprint density at radius 2 is 1.86 bits per heavy atom. The van der Waals surface area contributed by atoms with Crippen molar-refractivity contribution in [1.29, 1.82) is 0 Å². The van der Waals surface area contributed by atoms with E-state index in [1.807, 2.05) is 48.5 Å². The molecular formula is C18H21NO3. The number of amides is 1. The van der Waals surface area contributed by atoms with Crippen molar-refractivity contribution in [2.24, 2.45) is 0 Å². The number of rotatable bonds is 7. The van der Waals surface area contributed by atoms with Crippen molar-refractivity contribution < 1.29 is 14.6 Å². The van der Waals surface area contributed by atoms with Crippen LogP contribution in [0.5, 0.6) is 5.75 Å². The molecule has 0 aromatic heterocycles. The van der Waals surface area contributed by atoms with E-state index in [0.717, 1.165) is 12.0 Å². The van der Waals surface area contributed by atoms with E-state index in [-0.39, 0.29) is 19.1 Å². The van der Waals surface area contributed by atoms with Gasteiger partial charge in [0.15, 0.2) is 0 Å². The van der Waals surface area contributed by atoms with Gasteiger partial charge in [-0.15, -0.1) is 0 Å². The van der Waals surface area contributed by atoms with Gasteiger partial charge in [-0.2, -0.15) is 0 Å². The molecule has 2 aromatic rings. The molecule has 0 heterocycles. The Balaban J connectivity index is 1.98. The number of carbonyl (C=O) groups is 1. The SMILES string of the molecule is CCc1ccc(C(=O)NCc2ccccc2OCCO)cc1. The molecule has 2 rings (SSSR count). The molecule has 0 bridgehead atoms. The summed E-state index contributed by atoms with van der Waals surface area (Å²) in [6.45, 7) is 2.67. The van der Waals surface area contributed by atoms with E-state index < -0.39 is 0 Å². The third-order valence-corrected chi connectivity index (χ3v) is 3.39. The highest BCUT2D eigenvalue weighted by molar-refractivity contribution is 5.94. The molecule has 0 saturated carbocycles. The van der Waals surface area contributed by atoms with Gasteiger partial charge in [0, 0.05) is 17.7 Å². The number of aliphatic hydroxyl groups excluding tert-OH is 1. The van der Waals surface area contributed by atoms with Crippen molar-refractivity contribution >= 4 is 5.91 Å². The fourth-order valence-electron chi connectivity index (χ4n) is 2.12. The summed E-state index contributed by atoms with van der Waals surface area (Å²) in [5, 5.41) is 11.7. The van der Waals surface area contributed by atoms with E-state index >= 15 is 0 Å². The second-order valence-electron chi connectivity index (χ2n) is 4.91. The zero-order chi connectivity index (χ0) is 15.8. The first kappa shape index (κ1) is 16.0. The lowest BCUT2D eigenvalue weighted by atomic mass is 10.1. The van der Waals surface area contributed by atoms with Gasteiger partial charge in [-0.25, -0.2) is 0 Å². The molecule has 0 unspecified atom stereocenters. The van der Waals surface area contributed by atoms with Gasteiger partial charge < -0.3 is 15.2 Å². The number of ether oxygens (including phenoxy) is 1. The first-order valence-electron chi connectivity index (χ1n) is 7.43. The maximum absolute atomic E-state index is 12.2. The number of hydrogen-bond donors (Lipinski definition) is 2. The van der Waals surface area contributed by atoms with E-state index in [4.69, 9.17) is 9.84 Å². The maximum Gasteiger partial charge on any atom is 0.251 e. The first-order chi connectivity index (χ1) is 10.7. The first-order valence-corrected chi connectivity index (χ1v) is 7.43. The van der Waals surface area contributed by atoms with E-state index in [2.05, 4.69) is 12.2 Å². The molecule has 116 valence electrons. The van der Waals surface area contributed by atoms with Crippen LogP contribution in [-0.2, 0) is 13.0 Å². The predicted molar refractivity (Wildman–Crippen MR) is 86.0 cm³/mol. The van der Waals surface area contributed by atoms with Gasteiger partial charge in [-0.05, 0) is 30.2 Å². The molecule has 2 aromatic carbocycles. The number of hydrogen-bond acceptors (Lipinski definition) is 3. The average molecular weight is 299 g/mol. The van der Waals surface area contributed by atoms with Gasteiger partial charge in [0.05, 0.1) is 6.61 Å². The van der Waals surface area contributed by atoms with Gasteiger partial charge in [-0.3, -0.25) is 4.79 Å². The topological polar surface area (TPSA) is 58.6 Å². The van der Waals surface area contributed by atoms with Crippen molar-refractivity contribution in [2.75, 3.05) is 13.2 Å². The number of carbonyl (C=O) groups excluding carboxylic acids is 1. The minimum Gasteiger partial charge on any atom is -0.491 e. The molecule has 0 saturated heterocycles. The Hall–Kier alpha value is -2.33. The fraction of sp³-hybridized carbons (Fsp3) is 0.278. The Kier molecular flexibility index (Phi) is 5.98. The Bertz CT molecular complexity index is 608. The number of para-hydroxylation sites is 1. The van der Waals surface area contributed by atoms with Crippen molar-refractivity contribution in [2.45, 2.75) is 19.9 Å². The van der Waals surface area contributed by atoms with Crippen LogP contribution in [0, 0.1) is 0 Å². The summed E-state index contributed by atoms with van der Waals surface area (Å²) in [6, 6.07) is 15.1. The highest BCUT2D eigenvalue weighted by Crippen LogP contribution is 2.17. The zero-order valence-corrected chi connectivity index (χ0v) is 12.7. The third kappa shape index (κ3) is 4.33. The van der Waals surface area contributed by atoms with Crippen molar-refractivity contribution in [3.8, 4) is 5.75 Å². The fourth-order valence-corrected chi connectivity index (χ4v) is 2.12. The summed E-state index contributed by atoms with van der Waals surface area (Å²) in [7, 11) is 0. The summed E-state index contributed by atoms with van der Waals surface area (Å²) in [6.07, 6.45) is 0.956. The van der Waals surface area contributed by atoms with Crippen molar-refractivity contribution in [3.05, 3.63) is 65.2 Å². The molecule has 0 radical (unpaired) electrons. The van der Waals surface area contributed by atoms with E-state index in [1.165, 1.54) is 5.56 Å². The molecule has 0 aliphatic rings. The summed E-state index contributed by atoms with van der Waals surface area (Å²) in [5.74, 6) is 0.567. The number of aliphatic hydroxyl groups is 1. The van der Waals surface area contributed by atoms with Crippen LogP contribution >= 0.6 is 0 Å². The zero-order valence-electron chi connectivity index (χ0n) is 12.7. The van der Waals surface area contributed by atoms with Crippen LogP contribution in [0.15, 0.2) is 48.5 Å². The minimum atomic E-state index is -0.111. The summed E-state index contributed by atoms with van der Waals surface area (Å²) in [5.41, 5.74) is 2.74. The highest BCUT2D eigenvalue weighted by Gasteiger charge is 2.07. The lowest BCUT2D eigenvalue weighted by Crippen LogP contribution is -2.23. The molecule has 0 spiro atoms. The molecule has 4 nitrogen and oxygen atoms in total. The van der Waals surface area contributed by atoms with Crippen LogP contribution in [0.25, 0.3) is 0 Å². The number of benzene rings is 2. The largest absolute Gasteiger partial charge is 0.491 e. The van der Waals surface area contributed by atoms with Gasteiger partial charge in [0.1, 0.15) is 12.4 Å². The van der Waals surface area contributed by atoms with E-state index in [9.17, 15) is 4.79 Å².